The molecule has 0 spiro atoms. The molecule has 0 radical (unpaired) electrons. The quantitative estimate of drug-likeness (QED) is 0.587. The molecule has 0 saturated carbocycles. The third-order valence-corrected chi connectivity index (χ3v) is 1.43. The van der Waals surface area contributed by atoms with Crippen LogP contribution in [0.5, 0.6) is 0 Å². The number of ether oxygens (including phenoxy) is 1. The van der Waals surface area contributed by atoms with Crippen LogP contribution < -0.4 is 5.32 Å². The molecule has 60 valence electrons. The van der Waals surface area contributed by atoms with E-state index in [-0.39, 0.29) is 5.97 Å². The maximum Gasteiger partial charge on any atom is 0.319 e. The number of esters is 1. The van der Waals surface area contributed by atoms with Gasteiger partial charge in [-0.25, -0.2) is 0 Å². The molecule has 0 aliphatic rings. The van der Waals surface area contributed by atoms with Crippen molar-refractivity contribution in [1.29, 1.82) is 0 Å². The molecule has 0 aromatic heterocycles. The lowest BCUT2D eigenvalue weighted by molar-refractivity contribution is -0.139. The molecule has 3 nitrogen and oxygen atoms in total. The van der Waals surface area contributed by atoms with E-state index in [1.165, 1.54) is 7.11 Å². The molecule has 1 unspecified atom stereocenters. The van der Waals surface area contributed by atoms with E-state index in [1.54, 1.807) is 0 Å². The van der Waals surface area contributed by atoms with Gasteiger partial charge in [0.1, 0.15) is 0 Å². The number of nitrogens with one attached hydrogen (secondary N) is 1. The Morgan fingerprint density at radius 3 is 2.70 bits per heavy atom. The standard InChI is InChI=1S/C7H15NO2/c1-4-6(2)8-5-7(9)10-3/h6,8H,4-5H2,1-3H3. The Bertz CT molecular complexity index is 104. The maximum absolute atomic E-state index is 10.5. The van der Waals surface area contributed by atoms with E-state index in [1.807, 2.05) is 6.92 Å². The molecule has 0 saturated heterocycles. The number of rotatable bonds is 4. The minimum Gasteiger partial charge on any atom is -0.468 e. The van der Waals surface area contributed by atoms with Gasteiger partial charge in [-0.3, -0.25) is 4.79 Å². The van der Waals surface area contributed by atoms with Gasteiger partial charge in [0.05, 0.1) is 13.7 Å². The van der Waals surface area contributed by atoms with Crippen LogP contribution in [-0.4, -0.2) is 25.7 Å². The molecule has 0 heterocycles. The SMILES string of the molecule is CCC(C)NCC(=O)OC. The topological polar surface area (TPSA) is 38.3 Å². The molecule has 0 aromatic carbocycles. The van der Waals surface area contributed by atoms with Gasteiger partial charge in [0.15, 0.2) is 0 Å². The predicted octanol–water partition coefficient (Wildman–Crippen LogP) is 0.547. The fourth-order valence-corrected chi connectivity index (χ4v) is 0.474. The first-order valence-electron chi connectivity index (χ1n) is 3.50. The van der Waals surface area contributed by atoms with Crippen LogP contribution in [-0.2, 0) is 9.53 Å². The first kappa shape index (κ1) is 9.43. The molecule has 0 fully saturated rings. The summed E-state index contributed by atoms with van der Waals surface area (Å²) < 4.78 is 4.44. The van der Waals surface area contributed by atoms with E-state index < -0.39 is 0 Å². The third-order valence-electron chi connectivity index (χ3n) is 1.43. The zero-order chi connectivity index (χ0) is 7.98. The first-order chi connectivity index (χ1) is 4.70. The van der Waals surface area contributed by atoms with Crippen LogP contribution in [0.4, 0.5) is 0 Å². The number of carbonyl (C=O) groups excluding carboxylic acids is 1. The van der Waals surface area contributed by atoms with Crippen molar-refractivity contribution in [2.45, 2.75) is 26.3 Å². The molecule has 0 aliphatic heterocycles. The van der Waals surface area contributed by atoms with E-state index in [9.17, 15) is 4.79 Å². The van der Waals surface area contributed by atoms with Gasteiger partial charge in [-0.2, -0.15) is 0 Å². The van der Waals surface area contributed by atoms with Crippen molar-refractivity contribution in [3.8, 4) is 0 Å². The molecule has 10 heavy (non-hydrogen) atoms. The van der Waals surface area contributed by atoms with Crippen molar-refractivity contribution >= 4 is 5.97 Å². The van der Waals surface area contributed by atoms with E-state index in [0.29, 0.717) is 12.6 Å². The lowest BCUT2D eigenvalue weighted by Gasteiger charge is -2.08. The number of hydrogen-bond acceptors (Lipinski definition) is 3. The highest BCUT2D eigenvalue weighted by Gasteiger charge is 2.01. The summed E-state index contributed by atoms with van der Waals surface area (Å²) in [5.74, 6) is -0.208. The number of carbonyl (C=O) groups is 1. The maximum atomic E-state index is 10.5. The van der Waals surface area contributed by atoms with Crippen molar-refractivity contribution in [2.75, 3.05) is 13.7 Å². The summed E-state index contributed by atoms with van der Waals surface area (Å²) in [5, 5.41) is 3.01. The average Bonchev–Trinajstić information content (AvgIpc) is 1.99. The van der Waals surface area contributed by atoms with Crippen LogP contribution in [0.25, 0.3) is 0 Å². The number of hydrogen-bond donors (Lipinski definition) is 1. The van der Waals surface area contributed by atoms with Crippen LogP contribution in [0.1, 0.15) is 20.3 Å². The Morgan fingerprint density at radius 2 is 2.30 bits per heavy atom. The summed E-state index contributed by atoms with van der Waals surface area (Å²) in [6.45, 7) is 4.41. The highest BCUT2D eigenvalue weighted by Crippen LogP contribution is 1.86. The molecule has 1 atom stereocenters. The van der Waals surface area contributed by atoms with E-state index in [4.69, 9.17) is 0 Å². The molecule has 0 amide bonds. The lowest BCUT2D eigenvalue weighted by atomic mass is 10.3. The van der Waals surface area contributed by atoms with Crippen molar-refractivity contribution in [1.82, 2.24) is 5.32 Å². The van der Waals surface area contributed by atoms with E-state index >= 15 is 0 Å². The van der Waals surface area contributed by atoms with Crippen molar-refractivity contribution in [3.63, 3.8) is 0 Å². The predicted molar refractivity (Wildman–Crippen MR) is 39.8 cm³/mol. The van der Waals surface area contributed by atoms with Crippen LogP contribution in [0.2, 0.25) is 0 Å². The lowest BCUT2D eigenvalue weighted by Crippen LogP contribution is -2.31. The van der Waals surface area contributed by atoms with Crippen LogP contribution in [0.15, 0.2) is 0 Å². The first-order valence-corrected chi connectivity index (χ1v) is 3.50. The summed E-state index contributed by atoms with van der Waals surface area (Å²) in [7, 11) is 1.39. The van der Waals surface area contributed by atoms with Gasteiger partial charge in [0.2, 0.25) is 0 Å². The molecular formula is C7H15NO2. The normalized spacial score (nSPS) is 12.7. The van der Waals surface area contributed by atoms with Crippen LogP contribution in [0, 0.1) is 0 Å². The van der Waals surface area contributed by atoms with Gasteiger partial charge in [-0.15, -0.1) is 0 Å². The van der Waals surface area contributed by atoms with Gasteiger partial charge >= 0.3 is 5.97 Å². The summed E-state index contributed by atoms with van der Waals surface area (Å²) in [6, 6.07) is 0.388. The Labute approximate surface area is 61.8 Å². The highest BCUT2D eigenvalue weighted by molar-refractivity contribution is 5.71. The summed E-state index contributed by atoms with van der Waals surface area (Å²) in [4.78, 5) is 10.5. The summed E-state index contributed by atoms with van der Waals surface area (Å²) >= 11 is 0. The molecule has 0 rings (SSSR count). The van der Waals surface area contributed by atoms with Crippen molar-refractivity contribution in [3.05, 3.63) is 0 Å². The zero-order valence-electron chi connectivity index (χ0n) is 6.81. The fraction of sp³-hybridized carbons (Fsp3) is 0.857. The van der Waals surface area contributed by atoms with Crippen LogP contribution >= 0.6 is 0 Å². The Morgan fingerprint density at radius 1 is 1.70 bits per heavy atom. The van der Waals surface area contributed by atoms with E-state index in [0.717, 1.165) is 6.42 Å². The second-order valence-corrected chi connectivity index (χ2v) is 2.27. The second kappa shape index (κ2) is 5.23. The number of methoxy groups -OCH3 is 1. The Kier molecular flexibility index (Phi) is 4.94. The fourth-order valence-electron chi connectivity index (χ4n) is 0.474. The van der Waals surface area contributed by atoms with Gasteiger partial charge in [-0.05, 0) is 13.3 Å². The molecule has 0 aliphatic carbocycles. The Balaban J connectivity index is 3.26. The monoisotopic (exact) mass is 145 g/mol. The van der Waals surface area contributed by atoms with Crippen LogP contribution in [0.3, 0.4) is 0 Å². The highest BCUT2D eigenvalue weighted by atomic mass is 16.5. The second-order valence-electron chi connectivity index (χ2n) is 2.27. The molecule has 3 heteroatoms. The third kappa shape index (κ3) is 4.32. The van der Waals surface area contributed by atoms with Crippen molar-refractivity contribution < 1.29 is 9.53 Å². The molecule has 1 N–H and O–H groups in total. The largest absolute Gasteiger partial charge is 0.468 e. The van der Waals surface area contributed by atoms with Gasteiger partial charge in [0, 0.05) is 6.04 Å². The molecule has 0 aromatic rings. The summed E-state index contributed by atoms with van der Waals surface area (Å²) in [5.41, 5.74) is 0. The molecule has 0 bridgehead atoms. The average molecular weight is 145 g/mol. The molecular weight excluding hydrogens is 130 g/mol. The Hall–Kier alpha value is -0.570. The smallest absolute Gasteiger partial charge is 0.319 e. The van der Waals surface area contributed by atoms with Crippen molar-refractivity contribution in [2.24, 2.45) is 0 Å². The van der Waals surface area contributed by atoms with Gasteiger partial charge in [-0.1, -0.05) is 6.92 Å². The minimum atomic E-state index is -0.208. The zero-order valence-corrected chi connectivity index (χ0v) is 6.81. The van der Waals surface area contributed by atoms with E-state index in [2.05, 4.69) is 17.0 Å². The van der Waals surface area contributed by atoms with Gasteiger partial charge < -0.3 is 10.1 Å². The summed E-state index contributed by atoms with van der Waals surface area (Å²) in [6.07, 6.45) is 1.02. The van der Waals surface area contributed by atoms with Gasteiger partial charge in [0.25, 0.3) is 0 Å². The minimum absolute atomic E-state index is 0.208.